The molecular weight excluding hydrogens is 308 g/mol. The van der Waals surface area contributed by atoms with Gasteiger partial charge in [-0.05, 0) is 30.9 Å². The molecule has 0 amide bonds. The predicted octanol–water partition coefficient (Wildman–Crippen LogP) is 3.54. The Morgan fingerprint density at radius 3 is 2.81 bits per heavy atom. The summed E-state index contributed by atoms with van der Waals surface area (Å²) in [6.07, 6.45) is 4.71. The van der Waals surface area contributed by atoms with Crippen molar-refractivity contribution in [1.29, 1.82) is 0 Å². The van der Waals surface area contributed by atoms with Gasteiger partial charge in [-0.25, -0.2) is 13.4 Å². The minimum Gasteiger partial charge on any atom is -0.324 e. The molecule has 3 rings (SSSR count). The summed E-state index contributed by atoms with van der Waals surface area (Å²) in [5.41, 5.74) is 1.44. The van der Waals surface area contributed by atoms with Gasteiger partial charge in [-0.2, -0.15) is 0 Å². The first kappa shape index (κ1) is 14.9. The Labute approximate surface area is 130 Å². The molecule has 0 N–H and O–H groups in total. The number of hydrogen-bond acceptors (Lipinski definition) is 3. The highest BCUT2D eigenvalue weighted by Crippen LogP contribution is 2.48. The highest BCUT2D eigenvalue weighted by Gasteiger charge is 2.40. The van der Waals surface area contributed by atoms with E-state index in [0.29, 0.717) is 23.4 Å². The summed E-state index contributed by atoms with van der Waals surface area (Å²) >= 11 is 6.03. The highest BCUT2D eigenvalue weighted by molar-refractivity contribution is 7.91. The van der Waals surface area contributed by atoms with Crippen LogP contribution in [0.4, 0.5) is 0 Å². The van der Waals surface area contributed by atoms with E-state index < -0.39 is 9.84 Å². The van der Waals surface area contributed by atoms with E-state index in [1.165, 1.54) is 19.1 Å². The van der Waals surface area contributed by atoms with Gasteiger partial charge in [0.25, 0.3) is 0 Å². The molecule has 1 aromatic carbocycles. The molecule has 0 saturated heterocycles. The predicted molar refractivity (Wildman–Crippen MR) is 84.5 cm³/mol. The molecule has 0 radical (unpaired) electrons. The molecule has 1 heterocycles. The molecule has 114 valence electrons. The molecule has 1 aromatic heterocycles. The normalized spacial score (nSPS) is 21.9. The number of hydrogen-bond donors (Lipinski definition) is 0. The molecular formula is C15H19ClN2O2S. The Kier molecular flexibility index (Phi) is 3.74. The first-order chi connectivity index (χ1) is 9.97. The van der Waals surface area contributed by atoms with Crippen molar-refractivity contribution in [2.24, 2.45) is 5.92 Å². The minimum atomic E-state index is -3.29. The number of alkyl halides is 1. The summed E-state index contributed by atoms with van der Waals surface area (Å²) in [6, 6.07) is 5.75. The number of fused-ring (bicyclic) bond motifs is 1. The molecule has 0 aliphatic heterocycles. The van der Waals surface area contributed by atoms with E-state index in [9.17, 15) is 8.42 Å². The van der Waals surface area contributed by atoms with Crippen molar-refractivity contribution in [3.05, 3.63) is 24.0 Å². The van der Waals surface area contributed by atoms with E-state index in [-0.39, 0.29) is 4.90 Å². The quantitative estimate of drug-likeness (QED) is 0.790. The largest absolute Gasteiger partial charge is 0.324 e. The number of rotatable bonds is 5. The maximum absolute atomic E-state index is 11.9. The third-order valence-corrected chi connectivity index (χ3v) is 5.52. The number of halogens is 1. The number of nitrogens with zero attached hydrogens (tertiary/aromatic N) is 2. The molecule has 21 heavy (non-hydrogen) atoms. The fourth-order valence-electron chi connectivity index (χ4n) is 3.13. The molecule has 2 atom stereocenters. The van der Waals surface area contributed by atoms with Gasteiger partial charge < -0.3 is 4.57 Å². The number of benzene rings is 1. The summed E-state index contributed by atoms with van der Waals surface area (Å²) in [7, 11) is -3.29. The second-order valence-electron chi connectivity index (χ2n) is 5.78. The topological polar surface area (TPSA) is 52.0 Å². The number of aromatic nitrogens is 2. The van der Waals surface area contributed by atoms with Gasteiger partial charge in [0.15, 0.2) is 9.84 Å². The number of imidazole rings is 1. The molecule has 1 fully saturated rings. The Morgan fingerprint density at radius 2 is 2.19 bits per heavy atom. The summed E-state index contributed by atoms with van der Waals surface area (Å²) in [5, 5.41) is 0. The summed E-state index contributed by atoms with van der Waals surface area (Å²) in [5.74, 6) is 1.73. The molecule has 0 spiro atoms. The lowest BCUT2D eigenvalue weighted by molar-refractivity contribution is 0.602. The molecule has 4 nitrogen and oxygen atoms in total. The first-order valence-corrected chi connectivity index (χ1v) is 9.65. The second kappa shape index (κ2) is 5.29. The van der Waals surface area contributed by atoms with Crippen LogP contribution < -0.4 is 0 Å². The van der Waals surface area contributed by atoms with Crippen LogP contribution in [0.25, 0.3) is 11.0 Å². The van der Waals surface area contributed by atoms with Crippen LogP contribution in [0.15, 0.2) is 23.1 Å². The molecule has 6 heteroatoms. The first-order valence-electron chi connectivity index (χ1n) is 7.23. The zero-order valence-corrected chi connectivity index (χ0v) is 13.8. The third-order valence-electron chi connectivity index (χ3n) is 4.15. The van der Waals surface area contributed by atoms with Crippen LogP contribution in [0.2, 0.25) is 0 Å². The Hall–Kier alpha value is -1.07. The second-order valence-corrected chi connectivity index (χ2v) is 8.03. The zero-order chi connectivity index (χ0) is 15.2. The van der Waals surface area contributed by atoms with E-state index >= 15 is 0 Å². The van der Waals surface area contributed by atoms with Crippen molar-refractivity contribution in [2.45, 2.75) is 43.0 Å². The maximum Gasteiger partial charge on any atom is 0.177 e. The van der Waals surface area contributed by atoms with E-state index in [1.807, 2.05) is 6.07 Å². The van der Waals surface area contributed by atoms with Crippen molar-refractivity contribution in [3.63, 3.8) is 0 Å². The molecule has 2 unspecified atom stereocenters. The summed E-state index contributed by atoms with van der Waals surface area (Å²) in [4.78, 5) is 4.79. The molecule has 1 saturated carbocycles. The van der Waals surface area contributed by atoms with E-state index in [0.717, 1.165) is 17.8 Å². The van der Waals surface area contributed by atoms with Crippen LogP contribution in [0.5, 0.6) is 0 Å². The Balaban J connectivity index is 2.17. The molecule has 2 aromatic rings. The van der Waals surface area contributed by atoms with Gasteiger partial charge in [0.1, 0.15) is 11.3 Å². The molecule has 1 aliphatic carbocycles. The number of para-hydroxylation sites is 1. The zero-order valence-electron chi connectivity index (χ0n) is 12.2. The van der Waals surface area contributed by atoms with Crippen molar-refractivity contribution in [2.75, 3.05) is 6.26 Å². The maximum atomic E-state index is 11.9. The van der Waals surface area contributed by atoms with Crippen LogP contribution in [-0.4, -0.2) is 24.2 Å². The fraction of sp³-hybridized carbons (Fsp3) is 0.533. The van der Waals surface area contributed by atoms with Gasteiger partial charge in [-0.3, -0.25) is 0 Å². The van der Waals surface area contributed by atoms with Crippen molar-refractivity contribution in [3.8, 4) is 0 Å². The Bertz CT molecular complexity index is 782. The third kappa shape index (κ3) is 2.57. The van der Waals surface area contributed by atoms with Gasteiger partial charge >= 0.3 is 0 Å². The summed E-state index contributed by atoms with van der Waals surface area (Å²) in [6.45, 7) is 2.19. The van der Waals surface area contributed by atoms with Gasteiger partial charge in [-0.1, -0.05) is 19.4 Å². The monoisotopic (exact) mass is 326 g/mol. The van der Waals surface area contributed by atoms with E-state index in [1.54, 1.807) is 12.1 Å². The van der Waals surface area contributed by atoms with Crippen LogP contribution in [0.1, 0.15) is 38.1 Å². The van der Waals surface area contributed by atoms with Crippen LogP contribution in [-0.2, 0) is 15.7 Å². The fourth-order valence-corrected chi connectivity index (χ4v) is 4.15. The smallest absolute Gasteiger partial charge is 0.177 e. The van der Waals surface area contributed by atoms with Gasteiger partial charge in [0, 0.05) is 12.3 Å². The van der Waals surface area contributed by atoms with Gasteiger partial charge in [0.05, 0.1) is 16.3 Å². The lowest BCUT2D eigenvalue weighted by Crippen LogP contribution is -2.01. The van der Waals surface area contributed by atoms with Crippen LogP contribution in [0, 0.1) is 5.92 Å². The Morgan fingerprint density at radius 1 is 1.43 bits per heavy atom. The van der Waals surface area contributed by atoms with E-state index in [2.05, 4.69) is 16.5 Å². The molecule has 0 bridgehead atoms. The van der Waals surface area contributed by atoms with Crippen LogP contribution in [0.3, 0.4) is 0 Å². The highest BCUT2D eigenvalue weighted by atomic mass is 35.5. The average Bonchev–Trinajstić information content (AvgIpc) is 3.07. The van der Waals surface area contributed by atoms with Crippen molar-refractivity contribution < 1.29 is 8.42 Å². The summed E-state index contributed by atoms with van der Waals surface area (Å²) < 4.78 is 26.0. The van der Waals surface area contributed by atoms with Crippen molar-refractivity contribution >= 4 is 32.5 Å². The standard InChI is InChI=1S/C15H19ClN2O2S/c1-3-5-10-8-12(10)18-11-6-4-7-13(21(2,19)20)15(11)17-14(18)9-16/h4,6-7,10,12H,3,5,8-9H2,1-2H3. The molecule has 1 aliphatic rings. The van der Waals surface area contributed by atoms with Gasteiger partial charge in [-0.15, -0.1) is 11.6 Å². The number of sulfone groups is 1. The van der Waals surface area contributed by atoms with Gasteiger partial charge in [0.2, 0.25) is 0 Å². The lowest BCUT2D eigenvalue weighted by atomic mass is 10.2. The van der Waals surface area contributed by atoms with Crippen molar-refractivity contribution in [1.82, 2.24) is 9.55 Å². The SMILES string of the molecule is CCCC1CC1n1c(CCl)nc2c(S(C)(=O)=O)cccc21. The minimum absolute atomic E-state index is 0.290. The van der Waals surface area contributed by atoms with Crippen LogP contribution >= 0.6 is 11.6 Å². The van der Waals surface area contributed by atoms with E-state index in [4.69, 9.17) is 11.6 Å². The average molecular weight is 327 g/mol. The lowest BCUT2D eigenvalue weighted by Gasteiger charge is -2.07.